The Morgan fingerprint density at radius 3 is 2.73 bits per heavy atom. The minimum absolute atomic E-state index is 0.0484. The third-order valence-corrected chi connectivity index (χ3v) is 6.37. The summed E-state index contributed by atoms with van der Waals surface area (Å²) in [4.78, 5) is 16.2. The first-order valence-corrected chi connectivity index (χ1v) is 11.4. The van der Waals surface area contributed by atoms with Gasteiger partial charge in [0.25, 0.3) is 0 Å². The number of benzene rings is 1. The Balaban J connectivity index is 1.75. The number of carboxylic acid groups (broad SMARTS) is 1. The van der Waals surface area contributed by atoms with Gasteiger partial charge >= 0.3 is 5.97 Å². The number of para-hydroxylation sites is 1. The van der Waals surface area contributed by atoms with E-state index < -0.39 is 5.97 Å². The zero-order valence-corrected chi connectivity index (χ0v) is 19.8. The molecule has 0 unspecified atom stereocenters. The van der Waals surface area contributed by atoms with Crippen LogP contribution in [0.2, 0.25) is 0 Å². The lowest BCUT2D eigenvalue weighted by molar-refractivity contribution is -0.137. The molecule has 4 aromatic rings. The summed E-state index contributed by atoms with van der Waals surface area (Å²) in [7, 11) is 1.65. The van der Waals surface area contributed by atoms with Gasteiger partial charge in [0.05, 0.1) is 28.2 Å². The highest BCUT2D eigenvalue weighted by Gasteiger charge is 2.23. The van der Waals surface area contributed by atoms with Crippen molar-refractivity contribution in [2.75, 3.05) is 19.5 Å². The summed E-state index contributed by atoms with van der Waals surface area (Å²) in [6.45, 7) is 0.593. The summed E-state index contributed by atoms with van der Waals surface area (Å²) < 4.78 is 9.20. The van der Waals surface area contributed by atoms with Crippen LogP contribution in [0.3, 0.4) is 0 Å². The highest BCUT2D eigenvalue weighted by molar-refractivity contribution is 9.10. The van der Waals surface area contributed by atoms with E-state index in [0.717, 1.165) is 35.3 Å². The van der Waals surface area contributed by atoms with Crippen molar-refractivity contribution in [1.29, 1.82) is 0 Å². The van der Waals surface area contributed by atoms with Crippen molar-refractivity contribution >= 4 is 33.4 Å². The molecule has 0 fully saturated rings. The van der Waals surface area contributed by atoms with Crippen molar-refractivity contribution in [3.05, 3.63) is 59.1 Å². The Kier molecular flexibility index (Phi) is 7.05. The van der Waals surface area contributed by atoms with Crippen LogP contribution in [0.5, 0.6) is 0 Å². The van der Waals surface area contributed by atoms with Crippen molar-refractivity contribution in [3.8, 4) is 16.8 Å². The first-order valence-electron chi connectivity index (χ1n) is 10.6. The molecule has 172 valence electrons. The largest absolute Gasteiger partial charge is 0.481 e. The van der Waals surface area contributed by atoms with Crippen LogP contribution >= 0.6 is 15.9 Å². The number of nitrogen functional groups attached to an aromatic ring is 1. The van der Waals surface area contributed by atoms with E-state index in [1.807, 2.05) is 36.5 Å². The number of hydrogen-bond donors (Lipinski definition) is 2. The number of aliphatic carboxylic acids is 1. The van der Waals surface area contributed by atoms with Crippen LogP contribution in [-0.4, -0.2) is 49.2 Å². The molecule has 3 aromatic heterocycles. The first kappa shape index (κ1) is 22.9. The van der Waals surface area contributed by atoms with Crippen molar-refractivity contribution < 1.29 is 14.6 Å². The maximum atomic E-state index is 11.2. The lowest BCUT2D eigenvalue weighted by Crippen LogP contribution is -2.11. The van der Waals surface area contributed by atoms with Crippen LogP contribution in [0, 0.1) is 0 Å². The summed E-state index contributed by atoms with van der Waals surface area (Å²) in [5, 5.41) is 18.1. The molecule has 0 bridgehead atoms. The lowest BCUT2D eigenvalue weighted by Gasteiger charge is -2.18. The first-order chi connectivity index (χ1) is 16.0. The summed E-state index contributed by atoms with van der Waals surface area (Å²) in [6, 6.07) is 9.83. The van der Waals surface area contributed by atoms with E-state index in [9.17, 15) is 9.90 Å². The molecule has 1 aromatic carbocycles. The molecule has 3 N–H and O–H groups in total. The van der Waals surface area contributed by atoms with Crippen LogP contribution in [0.25, 0.3) is 22.5 Å². The minimum atomic E-state index is -0.838. The Bertz CT molecular complexity index is 1250. The molecule has 0 saturated carbocycles. The average Bonchev–Trinajstić information content (AvgIpc) is 3.46. The third-order valence-electron chi connectivity index (χ3n) is 5.56. The average molecular weight is 513 g/mol. The number of nitrogens with zero attached hydrogens (tertiary/aromatic N) is 5. The van der Waals surface area contributed by atoms with E-state index in [1.54, 1.807) is 28.7 Å². The Morgan fingerprint density at radius 1 is 1.21 bits per heavy atom. The molecule has 33 heavy (non-hydrogen) atoms. The number of rotatable bonds is 10. The monoisotopic (exact) mass is 512 g/mol. The number of nitrogens with two attached hydrogens (primary N) is 1. The maximum absolute atomic E-state index is 11.2. The van der Waals surface area contributed by atoms with Crippen LogP contribution in [0.1, 0.15) is 37.3 Å². The molecule has 0 aliphatic heterocycles. The summed E-state index contributed by atoms with van der Waals surface area (Å²) in [5.41, 5.74) is 10.3. The molecule has 1 atom stereocenters. The molecule has 10 heteroatoms. The van der Waals surface area contributed by atoms with Crippen molar-refractivity contribution in [3.63, 3.8) is 0 Å². The molecule has 0 radical (unpaired) electrons. The van der Waals surface area contributed by atoms with Crippen molar-refractivity contribution in [2.45, 2.75) is 31.6 Å². The number of ether oxygens (including phenoxy) is 1. The molecule has 9 nitrogen and oxygen atoms in total. The van der Waals surface area contributed by atoms with Crippen LogP contribution in [-0.2, 0) is 9.53 Å². The van der Waals surface area contributed by atoms with Crippen LogP contribution in [0.15, 0.2) is 53.4 Å². The summed E-state index contributed by atoms with van der Waals surface area (Å²) >= 11 is 3.57. The molecule has 0 spiro atoms. The molecular weight excluding hydrogens is 488 g/mol. The molecule has 0 aliphatic carbocycles. The number of anilines is 1. The number of halogens is 1. The van der Waals surface area contributed by atoms with Crippen LogP contribution in [0.4, 0.5) is 5.82 Å². The number of carboxylic acids is 1. The Morgan fingerprint density at radius 2 is 2.00 bits per heavy atom. The molecular formula is C23H25BrN6O3. The van der Waals surface area contributed by atoms with Gasteiger partial charge < -0.3 is 15.6 Å². The standard InChI is InChI=1S/C23H25BrN6O3/c1-33-11-5-6-15(9-10-19(31)32)21-20(24)22(25)30-23(28-21)18(13-27-30)16-12-26-29(14-16)17-7-3-2-4-8-17/h2-4,7-8,12-15H,5-6,9-11,25H2,1H3,(H,31,32)/t15-/m1/s1. The maximum Gasteiger partial charge on any atom is 0.303 e. The zero-order valence-electron chi connectivity index (χ0n) is 18.2. The van der Waals surface area contributed by atoms with Crippen LogP contribution < -0.4 is 5.73 Å². The van der Waals surface area contributed by atoms with Gasteiger partial charge in [0.1, 0.15) is 5.82 Å². The van der Waals surface area contributed by atoms with E-state index in [-0.39, 0.29) is 12.3 Å². The Labute approximate surface area is 199 Å². The van der Waals surface area contributed by atoms with Gasteiger partial charge in [-0.3, -0.25) is 4.79 Å². The lowest BCUT2D eigenvalue weighted by atomic mass is 9.93. The predicted molar refractivity (Wildman–Crippen MR) is 128 cm³/mol. The van der Waals surface area contributed by atoms with E-state index in [1.165, 1.54) is 0 Å². The molecule has 3 heterocycles. The van der Waals surface area contributed by atoms with E-state index in [4.69, 9.17) is 15.5 Å². The van der Waals surface area contributed by atoms with Gasteiger partial charge in [0.15, 0.2) is 5.65 Å². The van der Waals surface area contributed by atoms with Gasteiger partial charge in [-0.05, 0) is 47.3 Å². The second-order valence-corrected chi connectivity index (χ2v) is 8.56. The molecule has 0 amide bonds. The van der Waals surface area contributed by atoms with E-state index in [0.29, 0.717) is 29.0 Å². The van der Waals surface area contributed by atoms with E-state index >= 15 is 0 Å². The zero-order chi connectivity index (χ0) is 23.4. The second-order valence-electron chi connectivity index (χ2n) is 7.76. The summed E-state index contributed by atoms with van der Waals surface area (Å²) in [5.74, 6) is -0.508. The highest BCUT2D eigenvalue weighted by atomic mass is 79.9. The summed E-state index contributed by atoms with van der Waals surface area (Å²) in [6.07, 6.45) is 7.44. The Hall–Kier alpha value is -3.24. The topological polar surface area (TPSA) is 121 Å². The smallest absolute Gasteiger partial charge is 0.303 e. The fourth-order valence-electron chi connectivity index (χ4n) is 3.86. The second kappa shape index (κ2) is 10.1. The SMILES string of the molecule is COCCC[C@H](CCC(=O)O)c1nc2c(-c3cnn(-c4ccccc4)c3)cnn2c(N)c1Br. The normalized spacial score (nSPS) is 12.3. The van der Waals surface area contributed by atoms with Gasteiger partial charge in [-0.25, -0.2) is 9.67 Å². The van der Waals surface area contributed by atoms with Gasteiger partial charge in [0.2, 0.25) is 0 Å². The molecule has 4 rings (SSSR count). The number of hydrogen-bond acceptors (Lipinski definition) is 6. The number of aromatic nitrogens is 5. The highest BCUT2D eigenvalue weighted by Crippen LogP contribution is 2.36. The number of methoxy groups -OCH3 is 1. The van der Waals surface area contributed by atoms with E-state index in [2.05, 4.69) is 26.1 Å². The fraction of sp³-hybridized carbons (Fsp3) is 0.304. The quantitative estimate of drug-likeness (QED) is 0.303. The molecule has 0 saturated heterocycles. The predicted octanol–water partition coefficient (Wildman–Crippen LogP) is 4.30. The molecule has 0 aliphatic rings. The van der Waals surface area contributed by atoms with Gasteiger partial charge in [-0.2, -0.15) is 14.7 Å². The van der Waals surface area contributed by atoms with Gasteiger partial charge in [-0.1, -0.05) is 18.2 Å². The van der Waals surface area contributed by atoms with Crippen molar-refractivity contribution in [1.82, 2.24) is 24.4 Å². The van der Waals surface area contributed by atoms with Gasteiger partial charge in [0, 0.05) is 43.4 Å². The number of fused-ring (bicyclic) bond motifs is 1. The van der Waals surface area contributed by atoms with Crippen molar-refractivity contribution in [2.24, 2.45) is 0 Å². The number of carbonyl (C=O) groups is 1. The minimum Gasteiger partial charge on any atom is -0.481 e. The third kappa shape index (κ3) is 4.91. The van der Waals surface area contributed by atoms with Gasteiger partial charge in [-0.15, -0.1) is 0 Å². The fourth-order valence-corrected chi connectivity index (χ4v) is 4.44.